The Kier molecular flexibility index (Phi) is 5.64. The summed E-state index contributed by atoms with van der Waals surface area (Å²) in [4.78, 5) is 38.2. The second kappa shape index (κ2) is 7.68. The Balaban J connectivity index is 1.98. The lowest BCUT2D eigenvalue weighted by Gasteiger charge is -2.16. The van der Waals surface area contributed by atoms with Crippen molar-refractivity contribution in [2.24, 2.45) is 0 Å². The van der Waals surface area contributed by atoms with E-state index in [2.05, 4.69) is 10.3 Å². The first kappa shape index (κ1) is 16.9. The second-order valence-corrected chi connectivity index (χ2v) is 4.89. The highest BCUT2D eigenvalue weighted by molar-refractivity contribution is 5.89. The molecule has 0 radical (unpaired) electrons. The van der Waals surface area contributed by atoms with Crippen molar-refractivity contribution in [1.82, 2.24) is 9.55 Å². The van der Waals surface area contributed by atoms with Gasteiger partial charge in [-0.05, 0) is 12.1 Å². The SMILES string of the molecule is CCC(=O)Nc1ccn([C@H]2C=C[C@@H](COC(=O)CC)O2)c(=O)n1. The quantitative estimate of drug-likeness (QED) is 0.620. The maximum Gasteiger partial charge on any atom is 0.351 e. The minimum absolute atomic E-state index is 0.104. The van der Waals surface area contributed by atoms with Crippen LogP contribution in [0.4, 0.5) is 5.82 Å². The van der Waals surface area contributed by atoms with Crippen molar-refractivity contribution in [3.05, 3.63) is 34.9 Å². The third kappa shape index (κ3) is 4.49. The highest BCUT2D eigenvalue weighted by Gasteiger charge is 2.22. The number of anilines is 1. The number of aromatic nitrogens is 2. The van der Waals surface area contributed by atoms with Crippen LogP contribution in [0.5, 0.6) is 0 Å². The summed E-state index contributed by atoms with van der Waals surface area (Å²) in [6, 6.07) is 1.52. The molecule has 23 heavy (non-hydrogen) atoms. The van der Waals surface area contributed by atoms with Crippen molar-refractivity contribution >= 4 is 17.7 Å². The second-order valence-electron chi connectivity index (χ2n) is 4.89. The molecule has 0 saturated carbocycles. The molecule has 0 unspecified atom stereocenters. The van der Waals surface area contributed by atoms with E-state index in [1.165, 1.54) is 16.8 Å². The highest BCUT2D eigenvalue weighted by atomic mass is 16.6. The number of carbonyl (C=O) groups excluding carboxylic acids is 2. The van der Waals surface area contributed by atoms with Gasteiger partial charge in [-0.1, -0.05) is 19.9 Å². The largest absolute Gasteiger partial charge is 0.463 e. The van der Waals surface area contributed by atoms with Gasteiger partial charge >= 0.3 is 11.7 Å². The summed E-state index contributed by atoms with van der Waals surface area (Å²) < 4.78 is 11.9. The van der Waals surface area contributed by atoms with Gasteiger partial charge in [-0.2, -0.15) is 4.98 Å². The van der Waals surface area contributed by atoms with Gasteiger partial charge in [0.2, 0.25) is 5.91 Å². The van der Waals surface area contributed by atoms with Gasteiger partial charge in [0.15, 0.2) is 6.23 Å². The van der Waals surface area contributed by atoms with Gasteiger partial charge in [-0.3, -0.25) is 14.2 Å². The van der Waals surface area contributed by atoms with Gasteiger partial charge in [-0.25, -0.2) is 4.79 Å². The van der Waals surface area contributed by atoms with E-state index in [0.717, 1.165) is 0 Å². The first-order valence-corrected chi connectivity index (χ1v) is 7.42. The lowest BCUT2D eigenvalue weighted by Crippen LogP contribution is -2.29. The Hall–Kier alpha value is -2.48. The number of amides is 1. The van der Waals surface area contributed by atoms with Crippen LogP contribution in [-0.2, 0) is 19.1 Å². The Morgan fingerprint density at radius 3 is 2.78 bits per heavy atom. The summed E-state index contributed by atoms with van der Waals surface area (Å²) >= 11 is 0. The molecule has 1 aromatic heterocycles. The summed E-state index contributed by atoms with van der Waals surface area (Å²) in [6.07, 6.45) is 4.50. The van der Waals surface area contributed by atoms with Gasteiger partial charge in [0.1, 0.15) is 18.5 Å². The maximum absolute atomic E-state index is 12.0. The van der Waals surface area contributed by atoms with E-state index in [-0.39, 0.29) is 24.3 Å². The Bertz CT molecular complexity index is 667. The molecule has 2 atom stereocenters. The number of nitrogens with zero attached hydrogens (tertiary/aromatic N) is 2. The molecule has 1 aliphatic rings. The number of ether oxygens (including phenoxy) is 2. The molecule has 0 spiro atoms. The third-order valence-electron chi connectivity index (χ3n) is 3.19. The van der Waals surface area contributed by atoms with E-state index in [1.54, 1.807) is 26.0 Å². The van der Waals surface area contributed by atoms with Crippen LogP contribution in [0.15, 0.2) is 29.2 Å². The standard InChI is InChI=1S/C15H19N3O5/c1-3-12(19)16-11-7-8-18(15(21)17-11)13-6-5-10(23-13)9-22-14(20)4-2/h5-8,10,13H,3-4,9H2,1-2H3,(H,16,17,19,21)/t10-,13+/m0/s1. The van der Waals surface area contributed by atoms with E-state index in [1.807, 2.05) is 0 Å². The first-order chi connectivity index (χ1) is 11.0. The molecular formula is C15H19N3O5. The molecule has 0 fully saturated rings. The molecule has 2 heterocycles. The number of nitrogens with one attached hydrogen (secondary N) is 1. The summed E-state index contributed by atoms with van der Waals surface area (Å²) in [5.74, 6) is -0.321. The van der Waals surface area contributed by atoms with Gasteiger partial charge in [-0.15, -0.1) is 0 Å². The third-order valence-corrected chi connectivity index (χ3v) is 3.19. The fraction of sp³-hybridized carbons (Fsp3) is 0.467. The molecule has 1 amide bonds. The zero-order valence-corrected chi connectivity index (χ0v) is 13.0. The molecule has 8 heteroatoms. The van der Waals surface area contributed by atoms with Crippen molar-refractivity contribution in [3.8, 4) is 0 Å². The van der Waals surface area contributed by atoms with Gasteiger partial charge in [0.25, 0.3) is 0 Å². The summed E-state index contributed by atoms with van der Waals surface area (Å²) in [6.45, 7) is 3.52. The number of rotatable bonds is 6. The maximum atomic E-state index is 12.0. The topological polar surface area (TPSA) is 99.5 Å². The van der Waals surface area contributed by atoms with Gasteiger partial charge in [0, 0.05) is 19.0 Å². The highest BCUT2D eigenvalue weighted by Crippen LogP contribution is 2.20. The molecule has 0 aromatic carbocycles. The fourth-order valence-corrected chi connectivity index (χ4v) is 1.93. The van der Waals surface area contributed by atoms with Crippen molar-refractivity contribution in [3.63, 3.8) is 0 Å². The lowest BCUT2D eigenvalue weighted by atomic mass is 10.3. The molecule has 1 aromatic rings. The van der Waals surface area contributed by atoms with Gasteiger partial charge in [0.05, 0.1) is 0 Å². The molecule has 2 rings (SSSR count). The first-order valence-electron chi connectivity index (χ1n) is 7.42. The van der Waals surface area contributed by atoms with E-state index < -0.39 is 18.0 Å². The molecular weight excluding hydrogens is 302 g/mol. The average molecular weight is 321 g/mol. The molecule has 0 saturated heterocycles. The zero-order valence-electron chi connectivity index (χ0n) is 13.0. The number of hydrogen-bond acceptors (Lipinski definition) is 6. The van der Waals surface area contributed by atoms with Crippen LogP contribution in [0.25, 0.3) is 0 Å². The van der Waals surface area contributed by atoms with Crippen molar-refractivity contribution in [2.75, 3.05) is 11.9 Å². The minimum Gasteiger partial charge on any atom is -0.463 e. The molecule has 1 aliphatic heterocycles. The number of hydrogen-bond donors (Lipinski definition) is 1. The van der Waals surface area contributed by atoms with Crippen LogP contribution < -0.4 is 11.0 Å². The lowest BCUT2D eigenvalue weighted by molar-refractivity contribution is -0.147. The Morgan fingerprint density at radius 1 is 1.35 bits per heavy atom. The van der Waals surface area contributed by atoms with Crippen LogP contribution >= 0.6 is 0 Å². The normalized spacial score (nSPS) is 19.6. The predicted octanol–water partition coefficient (Wildman–Crippen LogP) is 0.999. The Labute approximate surface area is 133 Å². The average Bonchev–Trinajstić information content (AvgIpc) is 3.01. The van der Waals surface area contributed by atoms with E-state index in [4.69, 9.17) is 9.47 Å². The van der Waals surface area contributed by atoms with Crippen LogP contribution in [-0.4, -0.2) is 34.1 Å². The fourth-order valence-electron chi connectivity index (χ4n) is 1.93. The van der Waals surface area contributed by atoms with E-state index >= 15 is 0 Å². The molecule has 0 bridgehead atoms. The van der Waals surface area contributed by atoms with Gasteiger partial charge < -0.3 is 14.8 Å². The summed E-state index contributed by atoms with van der Waals surface area (Å²) in [5, 5.41) is 2.52. The van der Waals surface area contributed by atoms with Crippen LogP contribution in [0, 0.1) is 0 Å². The molecule has 1 N–H and O–H groups in total. The van der Waals surface area contributed by atoms with Crippen LogP contribution in [0.1, 0.15) is 32.9 Å². The molecule has 0 aliphatic carbocycles. The number of esters is 1. The molecule has 124 valence electrons. The minimum atomic E-state index is -0.615. The van der Waals surface area contributed by atoms with Crippen LogP contribution in [0.2, 0.25) is 0 Å². The predicted molar refractivity (Wildman–Crippen MR) is 81.7 cm³/mol. The Morgan fingerprint density at radius 2 is 2.13 bits per heavy atom. The zero-order chi connectivity index (χ0) is 16.8. The van der Waals surface area contributed by atoms with E-state index in [9.17, 15) is 14.4 Å². The summed E-state index contributed by atoms with van der Waals surface area (Å²) in [7, 11) is 0. The van der Waals surface area contributed by atoms with Crippen molar-refractivity contribution in [1.29, 1.82) is 0 Å². The molecule has 8 nitrogen and oxygen atoms in total. The monoisotopic (exact) mass is 321 g/mol. The summed E-state index contributed by atoms with van der Waals surface area (Å²) in [5.41, 5.74) is -0.542. The number of carbonyl (C=O) groups is 2. The van der Waals surface area contributed by atoms with Crippen molar-refractivity contribution < 1.29 is 19.1 Å². The van der Waals surface area contributed by atoms with E-state index in [0.29, 0.717) is 12.8 Å². The van der Waals surface area contributed by atoms with Crippen LogP contribution in [0.3, 0.4) is 0 Å². The smallest absolute Gasteiger partial charge is 0.351 e. The van der Waals surface area contributed by atoms with Crippen molar-refractivity contribution in [2.45, 2.75) is 39.0 Å².